The summed E-state index contributed by atoms with van der Waals surface area (Å²) in [6.07, 6.45) is -0.469. The Hall–Kier alpha value is -4.29. The van der Waals surface area contributed by atoms with E-state index in [9.17, 15) is 33.6 Å². The zero-order valence-electron chi connectivity index (χ0n) is 24.6. The number of amides is 5. The Morgan fingerprint density at radius 1 is 0.762 bits per heavy atom. The molecule has 0 aliphatic carbocycles. The highest BCUT2D eigenvalue weighted by Gasteiger charge is 2.22. The van der Waals surface area contributed by atoms with Crippen LogP contribution in [0.2, 0.25) is 0 Å². The van der Waals surface area contributed by atoms with Gasteiger partial charge in [0.1, 0.15) is 5.60 Å². The largest absolute Gasteiger partial charge is 0.444 e. The fourth-order valence-corrected chi connectivity index (χ4v) is 3.57. The average molecular weight is 590 g/mol. The van der Waals surface area contributed by atoms with E-state index in [2.05, 4.69) is 21.3 Å². The molecule has 5 amide bonds. The zero-order chi connectivity index (χ0) is 31.5. The lowest BCUT2D eigenvalue weighted by Crippen LogP contribution is -2.43. The summed E-state index contributed by atoms with van der Waals surface area (Å²) < 4.78 is 5.07. The van der Waals surface area contributed by atoms with E-state index in [1.54, 1.807) is 32.9 Å². The van der Waals surface area contributed by atoms with Gasteiger partial charge in [0.05, 0.1) is 12.6 Å². The Labute approximate surface area is 246 Å². The molecule has 0 spiro atoms. The van der Waals surface area contributed by atoms with Gasteiger partial charge in [0.25, 0.3) is 0 Å². The van der Waals surface area contributed by atoms with Gasteiger partial charge in [-0.05, 0) is 39.2 Å². The molecule has 0 saturated heterocycles. The molecule has 13 nitrogen and oxygen atoms in total. The minimum absolute atomic E-state index is 0.0329. The molecule has 0 unspecified atom stereocenters. The number of alkyl carbamates (subject to hydrolysis) is 1. The van der Waals surface area contributed by atoms with Crippen molar-refractivity contribution in [2.24, 2.45) is 5.73 Å². The van der Waals surface area contributed by atoms with Crippen LogP contribution in [0.5, 0.6) is 0 Å². The Morgan fingerprint density at radius 3 is 2.05 bits per heavy atom. The van der Waals surface area contributed by atoms with Crippen LogP contribution >= 0.6 is 0 Å². The molecule has 1 atom stereocenters. The summed E-state index contributed by atoms with van der Waals surface area (Å²) in [5.74, 6) is -2.49. The summed E-state index contributed by atoms with van der Waals surface area (Å²) in [5, 5.41) is 10.2. The van der Waals surface area contributed by atoms with Crippen LogP contribution in [0.1, 0.15) is 71.3 Å². The second-order valence-corrected chi connectivity index (χ2v) is 10.7. The maximum Gasteiger partial charge on any atom is 0.407 e. The lowest BCUT2D eigenvalue weighted by molar-refractivity contribution is -0.130. The number of carbonyl (C=O) groups excluding carboxylic acids is 7. The first kappa shape index (κ1) is 35.7. The quantitative estimate of drug-likeness (QED) is 0.146. The van der Waals surface area contributed by atoms with Crippen LogP contribution in [0.15, 0.2) is 30.3 Å². The molecule has 0 saturated carbocycles. The molecule has 0 aromatic heterocycles. The van der Waals surface area contributed by atoms with Gasteiger partial charge in [-0.15, -0.1) is 0 Å². The average Bonchev–Trinajstić information content (AvgIpc) is 2.90. The first-order chi connectivity index (χ1) is 19.7. The molecule has 0 aliphatic heterocycles. The number of nitrogens with two attached hydrogens (primary N) is 1. The summed E-state index contributed by atoms with van der Waals surface area (Å²) in [6.45, 7) is 5.16. The molecule has 0 radical (unpaired) electrons. The molecular weight excluding hydrogens is 546 g/mol. The van der Waals surface area contributed by atoms with Crippen molar-refractivity contribution in [3.63, 3.8) is 0 Å². The van der Waals surface area contributed by atoms with Gasteiger partial charge in [-0.3, -0.25) is 28.8 Å². The van der Waals surface area contributed by atoms with Crippen molar-refractivity contribution in [3.05, 3.63) is 35.9 Å². The fourth-order valence-electron chi connectivity index (χ4n) is 3.57. The SMILES string of the molecule is CC(C)(C)OC(=O)NCCC(=O)NCC(=O)CCC(=O)N[C@@H](Cc1ccccc1)C(=O)CCC(=O)NCCCC(N)=O. The molecule has 1 rings (SSSR count). The third-order valence-corrected chi connectivity index (χ3v) is 5.66. The maximum atomic E-state index is 12.9. The van der Waals surface area contributed by atoms with E-state index in [0.717, 1.165) is 5.56 Å². The summed E-state index contributed by atoms with van der Waals surface area (Å²) >= 11 is 0. The summed E-state index contributed by atoms with van der Waals surface area (Å²) in [7, 11) is 0. The van der Waals surface area contributed by atoms with Crippen molar-refractivity contribution >= 4 is 41.3 Å². The molecule has 0 heterocycles. The number of carbonyl (C=O) groups is 7. The molecular formula is C29H43N5O8. The van der Waals surface area contributed by atoms with Crippen LogP contribution in [0.3, 0.4) is 0 Å². The summed E-state index contributed by atoms with van der Waals surface area (Å²) in [6, 6.07) is 8.16. The number of primary amides is 1. The van der Waals surface area contributed by atoms with Crippen LogP contribution in [0, 0.1) is 0 Å². The molecule has 13 heteroatoms. The molecule has 1 aromatic carbocycles. The molecule has 1 aromatic rings. The van der Waals surface area contributed by atoms with E-state index in [4.69, 9.17) is 10.5 Å². The highest BCUT2D eigenvalue weighted by molar-refractivity contribution is 5.93. The number of hydrogen-bond acceptors (Lipinski definition) is 8. The maximum absolute atomic E-state index is 12.9. The van der Waals surface area contributed by atoms with Gasteiger partial charge in [-0.25, -0.2) is 4.79 Å². The third-order valence-electron chi connectivity index (χ3n) is 5.66. The monoisotopic (exact) mass is 589 g/mol. The minimum atomic E-state index is -0.894. The number of hydrogen-bond donors (Lipinski definition) is 5. The van der Waals surface area contributed by atoms with E-state index < -0.39 is 35.5 Å². The number of Topliss-reactive ketones (excluding diaryl/α,β-unsaturated/α-hetero) is 2. The van der Waals surface area contributed by atoms with Crippen molar-refractivity contribution in [3.8, 4) is 0 Å². The smallest absolute Gasteiger partial charge is 0.407 e. The lowest BCUT2D eigenvalue weighted by atomic mass is 9.99. The first-order valence-corrected chi connectivity index (χ1v) is 13.9. The third kappa shape index (κ3) is 18.1. The standard InChI is InChI=1S/C29H43N5O8/c1-29(2,3)42-28(41)32-17-15-26(39)33-19-21(35)11-13-27(40)34-22(18-20-8-5-4-6-9-20)23(36)12-14-25(38)31-16-7-10-24(30)37/h4-6,8-9,22H,7,10-19H2,1-3H3,(H2,30,37)(H,31,38)(H,32,41)(H,33,39)(H,34,40)/t22-/m0/s1. The second kappa shape index (κ2) is 18.9. The lowest BCUT2D eigenvalue weighted by Gasteiger charge is -2.19. The Bertz CT molecular complexity index is 1090. The van der Waals surface area contributed by atoms with Gasteiger partial charge in [-0.2, -0.15) is 0 Å². The van der Waals surface area contributed by atoms with E-state index in [1.807, 2.05) is 18.2 Å². The molecule has 6 N–H and O–H groups in total. The topological polar surface area (TPSA) is 203 Å². The highest BCUT2D eigenvalue weighted by atomic mass is 16.6. The Morgan fingerprint density at radius 2 is 1.40 bits per heavy atom. The molecule has 0 aliphatic rings. The minimum Gasteiger partial charge on any atom is -0.444 e. The van der Waals surface area contributed by atoms with E-state index in [0.29, 0.717) is 6.42 Å². The van der Waals surface area contributed by atoms with E-state index in [1.165, 1.54) is 0 Å². The van der Waals surface area contributed by atoms with Crippen LogP contribution < -0.4 is 27.0 Å². The number of nitrogens with one attached hydrogen (secondary N) is 4. The van der Waals surface area contributed by atoms with Crippen molar-refractivity contribution < 1.29 is 38.3 Å². The predicted octanol–water partition coefficient (Wildman–Crippen LogP) is 0.825. The van der Waals surface area contributed by atoms with Gasteiger partial charge in [0.15, 0.2) is 11.6 Å². The zero-order valence-corrected chi connectivity index (χ0v) is 24.6. The fraction of sp³-hybridized carbons (Fsp3) is 0.552. The van der Waals surface area contributed by atoms with Gasteiger partial charge < -0.3 is 31.7 Å². The van der Waals surface area contributed by atoms with Gasteiger partial charge in [0.2, 0.25) is 23.6 Å². The molecule has 232 valence electrons. The Kier molecular flexibility index (Phi) is 16.1. The van der Waals surface area contributed by atoms with Gasteiger partial charge in [-0.1, -0.05) is 30.3 Å². The summed E-state index contributed by atoms with van der Waals surface area (Å²) in [5.41, 5.74) is 5.22. The van der Waals surface area contributed by atoms with Crippen LogP contribution in [-0.4, -0.2) is 72.6 Å². The second-order valence-electron chi connectivity index (χ2n) is 10.7. The van der Waals surface area contributed by atoms with Gasteiger partial charge >= 0.3 is 6.09 Å². The van der Waals surface area contributed by atoms with Crippen LogP contribution in [0.4, 0.5) is 4.79 Å². The van der Waals surface area contributed by atoms with Crippen molar-refractivity contribution in [2.75, 3.05) is 19.6 Å². The predicted molar refractivity (Wildman–Crippen MR) is 154 cm³/mol. The van der Waals surface area contributed by atoms with E-state index in [-0.39, 0.29) is 82.1 Å². The molecule has 42 heavy (non-hydrogen) atoms. The number of rotatable bonds is 19. The molecule has 0 bridgehead atoms. The van der Waals surface area contributed by atoms with Crippen molar-refractivity contribution in [1.82, 2.24) is 21.3 Å². The van der Waals surface area contributed by atoms with Crippen molar-refractivity contribution in [1.29, 1.82) is 0 Å². The van der Waals surface area contributed by atoms with Crippen LogP contribution in [0.25, 0.3) is 0 Å². The van der Waals surface area contributed by atoms with Gasteiger partial charge in [0, 0.05) is 51.6 Å². The normalized spacial score (nSPS) is 11.5. The first-order valence-electron chi connectivity index (χ1n) is 13.9. The van der Waals surface area contributed by atoms with Crippen LogP contribution in [-0.2, 0) is 39.9 Å². The number of ether oxygens (including phenoxy) is 1. The Balaban J connectivity index is 2.48. The van der Waals surface area contributed by atoms with E-state index >= 15 is 0 Å². The number of ketones is 2. The van der Waals surface area contributed by atoms with Crippen molar-refractivity contribution in [2.45, 2.75) is 83.8 Å². The summed E-state index contributed by atoms with van der Waals surface area (Å²) in [4.78, 5) is 84.1. The highest BCUT2D eigenvalue weighted by Crippen LogP contribution is 2.08. The number of benzene rings is 1. The molecule has 0 fully saturated rings.